The first-order valence-electron chi connectivity index (χ1n) is 8.66. The van der Waals surface area contributed by atoms with Crippen LogP contribution in [0.25, 0.3) is 6.08 Å². The molecule has 2 aromatic rings. The molecule has 0 spiro atoms. The molecule has 3 rings (SSSR count). The Balaban J connectivity index is 1.78. The van der Waals surface area contributed by atoms with Crippen LogP contribution < -0.4 is 14.9 Å². The Morgan fingerprint density at radius 2 is 2.14 bits per heavy atom. The molecule has 1 aromatic carbocycles. The number of carbonyl (C=O) groups is 2. The number of nitrogens with one attached hydrogen (secondary N) is 1. The largest absolute Gasteiger partial charge is 0.490 e. The zero-order valence-electron chi connectivity index (χ0n) is 15.5. The van der Waals surface area contributed by atoms with Gasteiger partial charge in [-0.3, -0.25) is 15.0 Å². The first kappa shape index (κ1) is 21.1. The maximum absolute atomic E-state index is 12.7. The van der Waals surface area contributed by atoms with Crippen molar-refractivity contribution in [1.29, 1.82) is 0 Å². The minimum absolute atomic E-state index is 0.266. The van der Waals surface area contributed by atoms with E-state index < -0.39 is 0 Å². The van der Waals surface area contributed by atoms with Gasteiger partial charge in [-0.1, -0.05) is 36.5 Å². The second kappa shape index (κ2) is 9.73. The van der Waals surface area contributed by atoms with E-state index in [0.29, 0.717) is 34.5 Å². The van der Waals surface area contributed by atoms with Crippen LogP contribution in [0.4, 0.5) is 0 Å². The Morgan fingerprint density at radius 1 is 1.31 bits per heavy atom. The number of hydrogen-bond acceptors (Lipinski definition) is 7. The number of thioether (sulfide) groups is 1. The van der Waals surface area contributed by atoms with Gasteiger partial charge in [0, 0.05) is 0 Å². The van der Waals surface area contributed by atoms with Crippen LogP contribution >= 0.6 is 35.3 Å². The number of amides is 2. The van der Waals surface area contributed by atoms with Gasteiger partial charge in [-0.2, -0.15) is 5.01 Å². The summed E-state index contributed by atoms with van der Waals surface area (Å²) in [7, 11) is 0. The van der Waals surface area contributed by atoms with Gasteiger partial charge in [-0.15, -0.1) is 11.3 Å². The zero-order chi connectivity index (χ0) is 20.8. The van der Waals surface area contributed by atoms with Crippen LogP contribution in [0.1, 0.15) is 22.2 Å². The molecular formula is C20H18N2O4S3. The number of rotatable bonds is 8. The lowest BCUT2D eigenvalue weighted by molar-refractivity contribution is -0.123. The summed E-state index contributed by atoms with van der Waals surface area (Å²) in [5.41, 5.74) is 3.31. The molecule has 0 unspecified atom stereocenters. The third-order valence-electron chi connectivity index (χ3n) is 3.67. The highest BCUT2D eigenvalue weighted by Gasteiger charge is 2.34. The van der Waals surface area contributed by atoms with Gasteiger partial charge in [0.2, 0.25) is 0 Å². The van der Waals surface area contributed by atoms with Crippen LogP contribution in [0.15, 0.2) is 53.3 Å². The summed E-state index contributed by atoms with van der Waals surface area (Å²) in [4.78, 5) is 25.9. The average Bonchev–Trinajstić information content (AvgIpc) is 3.33. The molecule has 1 aromatic heterocycles. The van der Waals surface area contributed by atoms with E-state index in [1.807, 2.05) is 13.0 Å². The molecule has 1 aliphatic heterocycles. The summed E-state index contributed by atoms with van der Waals surface area (Å²) in [5.74, 6) is 0.416. The molecule has 1 N–H and O–H groups in total. The number of hydrazine groups is 1. The van der Waals surface area contributed by atoms with Crippen LogP contribution in [0.2, 0.25) is 0 Å². The van der Waals surface area contributed by atoms with Gasteiger partial charge >= 0.3 is 0 Å². The average molecular weight is 447 g/mol. The minimum Gasteiger partial charge on any atom is -0.490 e. The summed E-state index contributed by atoms with van der Waals surface area (Å²) in [6.45, 7) is 6.36. The third kappa shape index (κ3) is 5.06. The van der Waals surface area contributed by atoms with Crippen LogP contribution in [-0.4, -0.2) is 34.4 Å². The third-order valence-corrected chi connectivity index (χ3v) is 5.84. The van der Waals surface area contributed by atoms with E-state index in [0.717, 1.165) is 22.3 Å². The summed E-state index contributed by atoms with van der Waals surface area (Å²) in [6.07, 6.45) is 3.36. The number of carbonyl (C=O) groups excluding carboxylic acids is 2. The Labute approximate surface area is 182 Å². The topological polar surface area (TPSA) is 67.9 Å². The second-order valence-corrected chi connectivity index (χ2v) is 8.30. The van der Waals surface area contributed by atoms with Crippen molar-refractivity contribution in [3.63, 3.8) is 0 Å². The molecule has 1 aliphatic rings. The SMILES string of the molecule is C=CCOc1ccc(C=C2SC(=S)N(NC(=O)c3cccs3)C2=O)cc1OCC. The number of hydrogen-bond donors (Lipinski definition) is 1. The first-order chi connectivity index (χ1) is 14.0. The van der Waals surface area contributed by atoms with Gasteiger partial charge in [0.1, 0.15) is 6.61 Å². The molecule has 0 atom stereocenters. The van der Waals surface area contributed by atoms with Gasteiger partial charge in [0.05, 0.1) is 16.4 Å². The van der Waals surface area contributed by atoms with Crippen LogP contribution in [-0.2, 0) is 4.79 Å². The predicted octanol–water partition coefficient (Wildman–Crippen LogP) is 4.26. The highest BCUT2D eigenvalue weighted by Crippen LogP contribution is 2.34. The number of benzene rings is 1. The first-order valence-corrected chi connectivity index (χ1v) is 10.8. The maximum atomic E-state index is 12.7. The van der Waals surface area contributed by atoms with E-state index in [1.54, 1.807) is 41.8 Å². The normalized spacial score (nSPS) is 14.9. The van der Waals surface area contributed by atoms with E-state index in [1.165, 1.54) is 11.3 Å². The molecule has 0 saturated carbocycles. The molecule has 29 heavy (non-hydrogen) atoms. The van der Waals surface area contributed by atoms with Crippen molar-refractivity contribution < 1.29 is 19.1 Å². The Kier molecular flexibility index (Phi) is 7.08. The van der Waals surface area contributed by atoms with Crippen molar-refractivity contribution in [2.75, 3.05) is 13.2 Å². The quantitative estimate of drug-likeness (QED) is 0.371. The molecule has 1 fully saturated rings. The van der Waals surface area contributed by atoms with E-state index in [9.17, 15) is 9.59 Å². The van der Waals surface area contributed by atoms with E-state index >= 15 is 0 Å². The number of thiocarbonyl (C=S) groups is 1. The highest BCUT2D eigenvalue weighted by molar-refractivity contribution is 8.26. The van der Waals surface area contributed by atoms with Crippen LogP contribution in [0, 0.1) is 0 Å². The summed E-state index contributed by atoms with van der Waals surface area (Å²) in [6, 6.07) is 8.83. The molecule has 150 valence electrons. The molecule has 0 radical (unpaired) electrons. The molecule has 0 bridgehead atoms. The summed E-state index contributed by atoms with van der Waals surface area (Å²) < 4.78 is 11.5. The molecule has 6 nitrogen and oxygen atoms in total. The highest BCUT2D eigenvalue weighted by atomic mass is 32.2. The molecule has 2 amide bonds. The van der Waals surface area contributed by atoms with Crippen molar-refractivity contribution in [2.45, 2.75) is 6.92 Å². The lowest BCUT2D eigenvalue weighted by Gasteiger charge is -2.14. The van der Waals surface area contributed by atoms with Crippen molar-refractivity contribution in [3.05, 3.63) is 63.7 Å². The predicted molar refractivity (Wildman–Crippen MR) is 120 cm³/mol. The van der Waals surface area contributed by atoms with Gasteiger partial charge in [-0.25, -0.2) is 0 Å². The standard InChI is InChI=1S/C20H18N2O4S3/c1-3-9-26-14-8-7-13(11-15(14)25-4-2)12-17-19(24)22(20(27)29-17)21-18(23)16-6-5-10-28-16/h3,5-8,10-12H,1,4,9H2,2H3,(H,21,23). The maximum Gasteiger partial charge on any atom is 0.285 e. The van der Waals surface area contributed by atoms with Gasteiger partial charge < -0.3 is 9.47 Å². The summed E-state index contributed by atoms with van der Waals surface area (Å²) >= 11 is 7.67. The van der Waals surface area contributed by atoms with Crippen LogP contribution in [0.3, 0.4) is 0 Å². The molecule has 2 heterocycles. The molecule has 0 aliphatic carbocycles. The van der Waals surface area contributed by atoms with E-state index in [2.05, 4.69) is 12.0 Å². The fourth-order valence-electron chi connectivity index (χ4n) is 2.43. The Bertz CT molecular complexity index is 970. The zero-order valence-corrected chi connectivity index (χ0v) is 18.0. The van der Waals surface area contributed by atoms with Crippen molar-refractivity contribution in [3.8, 4) is 11.5 Å². The molecular weight excluding hydrogens is 428 g/mol. The molecule has 9 heteroatoms. The van der Waals surface area contributed by atoms with Crippen LogP contribution in [0.5, 0.6) is 11.5 Å². The van der Waals surface area contributed by atoms with Gasteiger partial charge in [0.25, 0.3) is 11.8 Å². The number of nitrogens with zero attached hydrogens (tertiary/aromatic N) is 1. The summed E-state index contributed by atoms with van der Waals surface area (Å²) in [5, 5.41) is 2.89. The smallest absolute Gasteiger partial charge is 0.285 e. The van der Waals surface area contributed by atoms with E-state index in [4.69, 9.17) is 21.7 Å². The van der Waals surface area contributed by atoms with Crippen molar-refractivity contribution in [2.24, 2.45) is 0 Å². The van der Waals surface area contributed by atoms with Crippen molar-refractivity contribution in [1.82, 2.24) is 10.4 Å². The Morgan fingerprint density at radius 3 is 2.83 bits per heavy atom. The number of ether oxygens (including phenoxy) is 2. The minimum atomic E-state index is -0.380. The lowest BCUT2D eigenvalue weighted by atomic mass is 10.2. The van der Waals surface area contributed by atoms with Crippen molar-refractivity contribution >= 4 is 57.5 Å². The second-order valence-electron chi connectivity index (χ2n) is 5.67. The number of thiophene rings is 1. The van der Waals surface area contributed by atoms with E-state index in [-0.39, 0.29) is 16.1 Å². The lowest BCUT2D eigenvalue weighted by Crippen LogP contribution is -2.44. The monoisotopic (exact) mass is 446 g/mol. The van der Waals surface area contributed by atoms with Gasteiger partial charge in [0.15, 0.2) is 15.8 Å². The fraction of sp³-hybridized carbons (Fsp3) is 0.150. The van der Waals surface area contributed by atoms with Gasteiger partial charge in [-0.05, 0) is 54.4 Å². The molecule has 1 saturated heterocycles. The Hall–Kier alpha value is -2.62. The fourth-order valence-corrected chi connectivity index (χ4v) is 4.22.